The number of hydrogen-bond donors (Lipinski definition) is 0. The third-order valence-electron chi connectivity index (χ3n) is 3.79. The van der Waals surface area contributed by atoms with Gasteiger partial charge < -0.3 is 9.30 Å². The molecule has 0 N–H and O–H groups in total. The van der Waals surface area contributed by atoms with E-state index in [0.717, 1.165) is 26.4 Å². The van der Waals surface area contributed by atoms with Crippen molar-refractivity contribution < 1.29 is 9.53 Å². The van der Waals surface area contributed by atoms with Crippen LogP contribution in [0.4, 0.5) is 0 Å². The van der Waals surface area contributed by atoms with Crippen LogP contribution in [0.3, 0.4) is 0 Å². The van der Waals surface area contributed by atoms with Gasteiger partial charge in [-0.25, -0.2) is 0 Å². The smallest absolute Gasteiger partial charge is 0.325 e. The van der Waals surface area contributed by atoms with Gasteiger partial charge in [0.2, 0.25) is 0 Å². The van der Waals surface area contributed by atoms with Gasteiger partial charge >= 0.3 is 5.97 Å². The van der Waals surface area contributed by atoms with Crippen molar-refractivity contribution in [3.8, 4) is 0 Å². The van der Waals surface area contributed by atoms with Crippen molar-refractivity contribution in [3.05, 3.63) is 58.2 Å². The first-order valence-electron chi connectivity index (χ1n) is 7.29. The van der Waals surface area contributed by atoms with Crippen LogP contribution >= 0.6 is 35.0 Å². The molecule has 0 aliphatic heterocycles. The summed E-state index contributed by atoms with van der Waals surface area (Å²) in [6, 6.07) is 13.3. The van der Waals surface area contributed by atoms with Gasteiger partial charge in [-0.3, -0.25) is 4.79 Å². The fourth-order valence-corrected chi connectivity index (χ4v) is 4.12. The van der Waals surface area contributed by atoms with E-state index in [-0.39, 0.29) is 12.5 Å². The first-order valence-corrected chi connectivity index (χ1v) is 8.86. The second-order valence-corrected chi connectivity index (χ2v) is 7.19. The second-order valence-electron chi connectivity index (χ2n) is 5.27. The maximum absolute atomic E-state index is 11.8. The summed E-state index contributed by atoms with van der Waals surface area (Å²) in [5.74, 6) is -0.294. The number of benzene rings is 2. The first-order chi connectivity index (χ1) is 11.5. The van der Waals surface area contributed by atoms with Gasteiger partial charge in [0.25, 0.3) is 0 Å². The molecule has 6 heteroatoms. The summed E-state index contributed by atoms with van der Waals surface area (Å²) >= 11 is 14.0. The lowest BCUT2D eigenvalue weighted by Gasteiger charge is -2.07. The van der Waals surface area contributed by atoms with Gasteiger partial charge in [0.05, 0.1) is 17.6 Å². The van der Waals surface area contributed by atoms with Gasteiger partial charge in [0.1, 0.15) is 6.54 Å². The molecule has 0 bridgehead atoms. The van der Waals surface area contributed by atoms with Crippen LogP contribution in [0.25, 0.3) is 10.9 Å². The number of nitrogens with zero attached hydrogens (tertiary/aromatic N) is 1. The van der Waals surface area contributed by atoms with Crippen LogP contribution in [-0.2, 0) is 16.1 Å². The van der Waals surface area contributed by atoms with Crippen LogP contribution in [0.15, 0.2) is 52.3 Å². The first kappa shape index (κ1) is 17.2. The van der Waals surface area contributed by atoms with E-state index in [2.05, 4.69) is 0 Å². The van der Waals surface area contributed by atoms with Crippen molar-refractivity contribution in [1.82, 2.24) is 4.57 Å². The van der Waals surface area contributed by atoms with Crippen molar-refractivity contribution in [2.24, 2.45) is 0 Å². The van der Waals surface area contributed by atoms with Crippen LogP contribution < -0.4 is 0 Å². The molecule has 0 saturated heterocycles. The van der Waals surface area contributed by atoms with Crippen molar-refractivity contribution >= 4 is 51.8 Å². The number of halogens is 2. The quantitative estimate of drug-likeness (QED) is 0.554. The molecule has 1 heterocycles. The maximum Gasteiger partial charge on any atom is 0.325 e. The Labute approximate surface area is 154 Å². The molecule has 0 radical (unpaired) electrons. The Morgan fingerprint density at radius 1 is 1.17 bits per heavy atom. The molecule has 1 aromatic heterocycles. The number of carbonyl (C=O) groups excluding carboxylic acids is 1. The highest BCUT2D eigenvalue weighted by Gasteiger charge is 2.19. The molecule has 124 valence electrons. The number of methoxy groups -OCH3 is 1. The summed E-state index contributed by atoms with van der Waals surface area (Å²) in [5.41, 5.74) is 1.89. The molecule has 0 aliphatic rings. The predicted octanol–water partition coefficient (Wildman–Crippen LogP) is 5.58. The number of hydrogen-bond acceptors (Lipinski definition) is 3. The molecule has 0 atom stereocenters. The summed E-state index contributed by atoms with van der Waals surface area (Å²) < 4.78 is 6.75. The van der Waals surface area contributed by atoms with E-state index in [1.807, 2.05) is 54.0 Å². The van der Waals surface area contributed by atoms with E-state index in [9.17, 15) is 4.79 Å². The summed E-state index contributed by atoms with van der Waals surface area (Å²) in [7, 11) is 1.39. The summed E-state index contributed by atoms with van der Waals surface area (Å²) in [5, 5.41) is 2.30. The van der Waals surface area contributed by atoms with E-state index in [4.69, 9.17) is 27.9 Å². The van der Waals surface area contributed by atoms with E-state index < -0.39 is 0 Å². The highest BCUT2D eigenvalue weighted by Crippen LogP contribution is 2.41. The van der Waals surface area contributed by atoms with Gasteiger partial charge in [-0.1, -0.05) is 41.0 Å². The molecule has 0 unspecified atom stereocenters. The summed E-state index contributed by atoms with van der Waals surface area (Å²) in [6.45, 7) is 2.14. The molecule has 0 spiro atoms. The predicted molar refractivity (Wildman–Crippen MR) is 99.3 cm³/mol. The van der Waals surface area contributed by atoms with E-state index in [1.54, 1.807) is 11.8 Å². The Kier molecular flexibility index (Phi) is 5.09. The molecule has 0 amide bonds. The summed E-state index contributed by atoms with van der Waals surface area (Å²) in [4.78, 5) is 13.9. The normalized spacial score (nSPS) is 11.0. The molecule has 3 rings (SSSR count). The van der Waals surface area contributed by atoms with Gasteiger partial charge in [0.15, 0.2) is 0 Å². The number of rotatable bonds is 4. The molecule has 0 fully saturated rings. The topological polar surface area (TPSA) is 31.2 Å². The minimum atomic E-state index is -0.294. The number of fused-ring (bicyclic) bond motifs is 1. The van der Waals surface area contributed by atoms with Crippen molar-refractivity contribution in [3.63, 3.8) is 0 Å². The van der Waals surface area contributed by atoms with Crippen LogP contribution in [0, 0.1) is 6.92 Å². The van der Waals surface area contributed by atoms with Crippen molar-refractivity contribution in [2.75, 3.05) is 7.11 Å². The lowest BCUT2D eigenvalue weighted by molar-refractivity contribution is -0.141. The number of carbonyl (C=O) groups is 1. The SMILES string of the molecule is COC(=O)Cn1c(C)c(Sc2ccc(Cl)cc2)c2c(Cl)cccc21. The standard InChI is InChI=1S/C18H15Cl2NO2S/c1-11-18(24-13-8-6-12(19)7-9-13)17-14(20)4-3-5-15(17)21(11)10-16(22)23-2/h3-9H,10H2,1-2H3. The van der Waals surface area contributed by atoms with Crippen molar-refractivity contribution in [1.29, 1.82) is 0 Å². The van der Waals surface area contributed by atoms with Gasteiger partial charge in [-0.2, -0.15) is 0 Å². The second kappa shape index (κ2) is 7.09. The minimum Gasteiger partial charge on any atom is -0.468 e. The molecular formula is C18H15Cl2NO2S. The lowest BCUT2D eigenvalue weighted by atomic mass is 10.2. The Bertz CT molecular complexity index is 904. The van der Waals surface area contributed by atoms with Crippen LogP contribution in [0.1, 0.15) is 5.69 Å². The number of aromatic nitrogens is 1. The average Bonchev–Trinajstić information content (AvgIpc) is 2.83. The highest BCUT2D eigenvalue weighted by molar-refractivity contribution is 7.99. The van der Waals surface area contributed by atoms with E-state index >= 15 is 0 Å². The zero-order chi connectivity index (χ0) is 17.3. The molecule has 3 nitrogen and oxygen atoms in total. The number of esters is 1. The zero-order valence-electron chi connectivity index (χ0n) is 13.2. The molecule has 0 saturated carbocycles. The molecule has 2 aromatic carbocycles. The third kappa shape index (κ3) is 3.27. The van der Waals surface area contributed by atoms with Crippen LogP contribution in [0.2, 0.25) is 10.0 Å². The maximum atomic E-state index is 11.8. The fraction of sp³-hybridized carbons (Fsp3) is 0.167. The van der Waals surface area contributed by atoms with Gasteiger partial charge in [-0.05, 0) is 43.3 Å². The lowest BCUT2D eigenvalue weighted by Crippen LogP contribution is -2.12. The Balaban J connectivity index is 2.14. The minimum absolute atomic E-state index is 0.153. The van der Waals surface area contributed by atoms with E-state index in [1.165, 1.54) is 7.11 Å². The molecule has 24 heavy (non-hydrogen) atoms. The molecule has 3 aromatic rings. The van der Waals surface area contributed by atoms with E-state index in [0.29, 0.717) is 10.0 Å². The molecular weight excluding hydrogens is 365 g/mol. The number of ether oxygens (including phenoxy) is 1. The Hall–Kier alpha value is -1.62. The zero-order valence-corrected chi connectivity index (χ0v) is 15.5. The monoisotopic (exact) mass is 379 g/mol. The van der Waals surface area contributed by atoms with Crippen molar-refractivity contribution in [2.45, 2.75) is 23.3 Å². The third-order valence-corrected chi connectivity index (χ3v) is 5.57. The van der Waals surface area contributed by atoms with Gasteiger partial charge in [0, 0.05) is 25.9 Å². The van der Waals surface area contributed by atoms with Crippen LogP contribution in [-0.4, -0.2) is 17.6 Å². The Morgan fingerprint density at radius 2 is 1.88 bits per heavy atom. The Morgan fingerprint density at radius 3 is 2.54 bits per heavy atom. The largest absolute Gasteiger partial charge is 0.468 e. The molecule has 0 aliphatic carbocycles. The average molecular weight is 380 g/mol. The fourth-order valence-electron chi connectivity index (χ4n) is 2.59. The highest BCUT2D eigenvalue weighted by atomic mass is 35.5. The summed E-state index contributed by atoms with van der Waals surface area (Å²) in [6.07, 6.45) is 0. The van der Waals surface area contributed by atoms with Gasteiger partial charge in [-0.15, -0.1) is 0 Å². The van der Waals surface area contributed by atoms with Crippen LogP contribution in [0.5, 0.6) is 0 Å².